The number of Topliss-reactive ketones (excluding diaryl/α,β-unsaturated/α-hetero) is 2. The summed E-state index contributed by atoms with van der Waals surface area (Å²) in [5.41, 5.74) is 3.39. The maximum atomic E-state index is 11.8. The first-order valence-electron chi connectivity index (χ1n) is 6.55. The molecule has 0 bridgehead atoms. The number of aromatic nitrogens is 2. The van der Waals surface area contributed by atoms with Gasteiger partial charge in [0.05, 0.1) is 12.1 Å². The van der Waals surface area contributed by atoms with Crippen LogP contribution in [0.1, 0.15) is 35.5 Å². The number of aryl methyl sites for hydroxylation is 1. The molecule has 2 rings (SSSR count). The molecule has 0 atom stereocenters. The Hall–Kier alpha value is -2.23. The first-order valence-corrected chi connectivity index (χ1v) is 6.55. The average molecular weight is 270 g/mol. The summed E-state index contributed by atoms with van der Waals surface area (Å²) < 4.78 is 1.63. The van der Waals surface area contributed by atoms with E-state index in [1.165, 1.54) is 13.8 Å². The normalized spacial score (nSPS) is 10.8. The summed E-state index contributed by atoms with van der Waals surface area (Å²) in [7, 11) is 0. The fourth-order valence-electron chi connectivity index (χ4n) is 2.46. The van der Waals surface area contributed by atoms with Crippen LogP contribution in [0.3, 0.4) is 0 Å². The molecule has 4 nitrogen and oxygen atoms in total. The van der Waals surface area contributed by atoms with Crippen LogP contribution in [0, 0.1) is 6.92 Å². The maximum absolute atomic E-state index is 11.8. The van der Waals surface area contributed by atoms with Crippen molar-refractivity contribution in [3.63, 3.8) is 0 Å². The smallest absolute Gasteiger partial charge is 0.180 e. The van der Waals surface area contributed by atoms with E-state index in [9.17, 15) is 9.59 Å². The van der Waals surface area contributed by atoms with Gasteiger partial charge in [0.25, 0.3) is 0 Å². The third-order valence-corrected chi connectivity index (χ3v) is 3.14. The molecule has 1 aromatic carbocycles. The first-order chi connectivity index (χ1) is 9.43. The van der Waals surface area contributed by atoms with E-state index in [1.807, 2.05) is 25.1 Å². The number of fused-ring (bicyclic) bond motifs is 1. The highest BCUT2D eigenvalue weighted by atomic mass is 16.1. The summed E-state index contributed by atoms with van der Waals surface area (Å²) in [6.45, 7) is 8.93. The van der Waals surface area contributed by atoms with Crippen molar-refractivity contribution in [1.82, 2.24) is 9.78 Å². The molecular weight excluding hydrogens is 252 g/mol. The first kappa shape index (κ1) is 14.2. The molecule has 1 aromatic heterocycles. The summed E-state index contributed by atoms with van der Waals surface area (Å²) in [5, 5.41) is 5.14. The Balaban J connectivity index is 2.81. The molecule has 0 spiro atoms. The minimum Gasteiger partial charge on any atom is -0.298 e. The molecule has 1 heterocycles. The van der Waals surface area contributed by atoms with E-state index in [-0.39, 0.29) is 18.1 Å². The second kappa shape index (κ2) is 5.41. The van der Waals surface area contributed by atoms with Crippen molar-refractivity contribution in [3.05, 3.63) is 41.6 Å². The lowest BCUT2D eigenvalue weighted by Crippen LogP contribution is -2.09. The number of carbonyl (C=O) groups is 2. The Labute approximate surface area is 118 Å². The van der Waals surface area contributed by atoms with Gasteiger partial charge in [-0.15, -0.1) is 6.58 Å². The predicted octanol–water partition coefficient (Wildman–Crippen LogP) is 2.86. The van der Waals surface area contributed by atoms with Gasteiger partial charge in [-0.25, -0.2) is 0 Å². The summed E-state index contributed by atoms with van der Waals surface area (Å²) >= 11 is 0. The van der Waals surface area contributed by atoms with Crippen LogP contribution in [0.2, 0.25) is 0 Å². The van der Waals surface area contributed by atoms with E-state index in [2.05, 4.69) is 11.7 Å². The van der Waals surface area contributed by atoms with E-state index >= 15 is 0 Å². The van der Waals surface area contributed by atoms with Crippen molar-refractivity contribution in [2.75, 3.05) is 0 Å². The fraction of sp³-hybridized carbons (Fsp3) is 0.312. The fourth-order valence-corrected chi connectivity index (χ4v) is 2.46. The highest BCUT2D eigenvalue weighted by molar-refractivity contribution is 6.06. The van der Waals surface area contributed by atoms with Gasteiger partial charge in [-0.05, 0) is 31.9 Å². The Morgan fingerprint density at radius 2 is 2.05 bits per heavy atom. The molecule has 0 aliphatic carbocycles. The summed E-state index contributed by atoms with van der Waals surface area (Å²) in [5.74, 6) is -0.0814. The van der Waals surface area contributed by atoms with Gasteiger partial charge < -0.3 is 0 Å². The summed E-state index contributed by atoms with van der Waals surface area (Å²) in [6.07, 6.45) is 2.49. The largest absolute Gasteiger partial charge is 0.298 e. The van der Waals surface area contributed by atoms with Crippen molar-refractivity contribution in [1.29, 1.82) is 0 Å². The van der Waals surface area contributed by atoms with Gasteiger partial charge in [0.15, 0.2) is 11.6 Å². The summed E-state index contributed by atoms with van der Waals surface area (Å²) in [4.78, 5) is 23.2. The highest BCUT2D eigenvalue weighted by Gasteiger charge is 2.17. The lowest BCUT2D eigenvalue weighted by molar-refractivity contribution is -0.117. The van der Waals surface area contributed by atoms with Crippen LogP contribution in [-0.2, 0) is 17.8 Å². The molecule has 0 unspecified atom stereocenters. The number of hydrogen-bond acceptors (Lipinski definition) is 3. The number of allylic oxidation sites excluding steroid dienone is 1. The van der Waals surface area contributed by atoms with E-state index in [4.69, 9.17) is 0 Å². The van der Waals surface area contributed by atoms with Gasteiger partial charge in [-0.1, -0.05) is 17.7 Å². The average Bonchev–Trinajstić information content (AvgIpc) is 2.67. The molecule has 2 aromatic rings. The quantitative estimate of drug-likeness (QED) is 0.620. The van der Waals surface area contributed by atoms with Gasteiger partial charge in [-0.3, -0.25) is 14.3 Å². The molecule has 0 aliphatic rings. The topological polar surface area (TPSA) is 52.0 Å². The SMILES string of the molecule is C=CCc1cc(C)cc2c(C(C)=O)nn(CC(C)=O)c12. The third kappa shape index (κ3) is 2.54. The van der Waals surface area contributed by atoms with Crippen molar-refractivity contribution >= 4 is 22.5 Å². The van der Waals surface area contributed by atoms with Crippen LogP contribution < -0.4 is 0 Å². The molecule has 4 heteroatoms. The highest BCUT2D eigenvalue weighted by Crippen LogP contribution is 2.25. The van der Waals surface area contributed by atoms with Crippen LogP contribution in [0.5, 0.6) is 0 Å². The predicted molar refractivity (Wildman–Crippen MR) is 79.1 cm³/mol. The number of ketones is 2. The molecule has 20 heavy (non-hydrogen) atoms. The summed E-state index contributed by atoms with van der Waals surface area (Å²) in [6, 6.07) is 3.99. The van der Waals surface area contributed by atoms with Crippen LogP contribution >= 0.6 is 0 Å². The van der Waals surface area contributed by atoms with Crippen LogP contribution in [-0.4, -0.2) is 21.3 Å². The van der Waals surface area contributed by atoms with Gasteiger partial charge in [0, 0.05) is 12.3 Å². The maximum Gasteiger partial charge on any atom is 0.180 e. The monoisotopic (exact) mass is 270 g/mol. The Kier molecular flexibility index (Phi) is 3.84. The Morgan fingerprint density at radius 1 is 1.35 bits per heavy atom. The number of carbonyl (C=O) groups excluding carboxylic acids is 2. The van der Waals surface area contributed by atoms with E-state index in [0.29, 0.717) is 12.1 Å². The van der Waals surface area contributed by atoms with Crippen LogP contribution in [0.4, 0.5) is 0 Å². The number of benzene rings is 1. The molecule has 0 N–H and O–H groups in total. The Bertz CT molecular complexity index is 711. The van der Waals surface area contributed by atoms with Crippen molar-refractivity contribution in [2.24, 2.45) is 0 Å². The zero-order chi connectivity index (χ0) is 14.9. The zero-order valence-corrected chi connectivity index (χ0v) is 12.1. The molecule has 0 aliphatic heterocycles. The standard InChI is InChI=1S/C16H18N2O2/c1-5-6-13-7-10(2)8-14-15(12(4)20)17-18(16(13)14)9-11(3)19/h5,7-8H,1,6,9H2,2-4H3. The molecule has 0 fully saturated rings. The Morgan fingerprint density at radius 3 is 2.60 bits per heavy atom. The van der Waals surface area contributed by atoms with Crippen molar-refractivity contribution < 1.29 is 9.59 Å². The van der Waals surface area contributed by atoms with Gasteiger partial charge in [-0.2, -0.15) is 5.10 Å². The van der Waals surface area contributed by atoms with E-state index < -0.39 is 0 Å². The van der Waals surface area contributed by atoms with Gasteiger partial charge in [0.2, 0.25) is 0 Å². The minimum atomic E-state index is -0.0903. The third-order valence-electron chi connectivity index (χ3n) is 3.14. The van der Waals surface area contributed by atoms with Gasteiger partial charge >= 0.3 is 0 Å². The van der Waals surface area contributed by atoms with E-state index in [1.54, 1.807) is 4.68 Å². The number of hydrogen-bond donors (Lipinski definition) is 0. The van der Waals surface area contributed by atoms with Gasteiger partial charge in [0.1, 0.15) is 5.69 Å². The second-order valence-electron chi connectivity index (χ2n) is 5.08. The molecule has 0 radical (unpaired) electrons. The van der Waals surface area contributed by atoms with Crippen LogP contribution in [0.15, 0.2) is 24.8 Å². The van der Waals surface area contributed by atoms with Crippen molar-refractivity contribution in [3.8, 4) is 0 Å². The van der Waals surface area contributed by atoms with E-state index in [0.717, 1.165) is 22.0 Å². The molecular formula is C16H18N2O2. The number of nitrogens with zero attached hydrogens (tertiary/aromatic N) is 2. The molecule has 0 saturated heterocycles. The lowest BCUT2D eigenvalue weighted by atomic mass is 10.0. The minimum absolute atomic E-state index is 0.00892. The molecule has 0 saturated carbocycles. The van der Waals surface area contributed by atoms with Crippen molar-refractivity contribution in [2.45, 2.75) is 33.7 Å². The zero-order valence-electron chi connectivity index (χ0n) is 12.1. The number of rotatable bonds is 5. The second-order valence-corrected chi connectivity index (χ2v) is 5.08. The lowest BCUT2D eigenvalue weighted by Gasteiger charge is -2.06. The molecule has 104 valence electrons. The van der Waals surface area contributed by atoms with Crippen LogP contribution in [0.25, 0.3) is 10.9 Å². The molecule has 0 amide bonds.